The van der Waals surface area contributed by atoms with Crippen molar-refractivity contribution in [2.24, 2.45) is 0 Å². The number of thioether (sulfide) groups is 1. The van der Waals surface area contributed by atoms with Crippen LogP contribution >= 0.6 is 11.8 Å². The summed E-state index contributed by atoms with van der Waals surface area (Å²) in [4.78, 5) is 30.3. The number of phenolic OH excluding ortho intramolecular Hbond substituents is 2. The van der Waals surface area contributed by atoms with Crippen LogP contribution < -0.4 is 29.0 Å². The highest BCUT2D eigenvalue weighted by molar-refractivity contribution is 7.99. The summed E-state index contributed by atoms with van der Waals surface area (Å²) in [6.07, 6.45) is -0.0353. The van der Waals surface area contributed by atoms with Gasteiger partial charge in [-0.2, -0.15) is 0 Å². The highest BCUT2D eigenvalue weighted by Gasteiger charge is 2.60. The van der Waals surface area contributed by atoms with Crippen LogP contribution in [-0.4, -0.2) is 103 Å². The largest absolute Gasteiger partial charge is 0.504 e. The second-order valence-corrected chi connectivity index (χ2v) is 15.7. The minimum atomic E-state index is -1.22. The lowest BCUT2D eigenvalue weighted by Crippen LogP contribution is -2.69. The smallest absolute Gasteiger partial charge is 0.308 e. The van der Waals surface area contributed by atoms with Gasteiger partial charge in [0.05, 0.1) is 37.6 Å². The predicted octanol–water partition coefficient (Wildman–Crippen LogP) is 3.66. The molecule has 8 rings (SSSR count). The molecule has 0 saturated carbocycles. The zero-order chi connectivity index (χ0) is 38.4. The molecule has 5 heterocycles. The number of hydrogen-bond donors (Lipinski definition) is 4. The van der Waals surface area contributed by atoms with Crippen LogP contribution in [0.1, 0.15) is 69.0 Å². The van der Waals surface area contributed by atoms with Gasteiger partial charge < -0.3 is 53.9 Å². The molecule has 0 radical (unpaired) electrons. The lowest BCUT2D eigenvalue weighted by molar-refractivity contribution is -0.220. The molecule has 1 saturated heterocycles. The minimum Gasteiger partial charge on any atom is -0.504 e. The van der Waals surface area contributed by atoms with E-state index in [9.17, 15) is 24.9 Å². The molecular formula is C39H45N3O11S. The van der Waals surface area contributed by atoms with Crippen molar-refractivity contribution in [2.45, 2.75) is 75.0 Å². The molecule has 1 unspecified atom stereocenters. The standard InChI is InChI=1S/C39H45N3O11S/c1-17-10-21-11-23-37(47)42-30(29(41(23)4)26(21)31(46)32(17)49-6)36(54-15-39(14-43)22-13-25(48-5)24(45)12-20(22)8-9-40-39)27-28(38(42)50-7)35-34(51-16-52-35)18(2)33(27)53-19(3)44/h10,12-14,23,29-30,36-38,40,45-47H,8-9,11,15-16H2,1-7H3/t23-,29+,30-,36-,37+,38?,39-/m1/s1. The second kappa shape index (κ2) is 13.5. The summed E-state index contributed by atoms with van der Waals surface area (Å²) in [7, 11) is 6.48. The fourth-order valence-electron chi connectivity index (χ4n) is 9.54. The molecule has 5 aliphatic heterocycles. The monoisotopic (exact) mass is 763 g/mol. The number of aryl methyl sites for hydroxylation is 1. The molecule has 2 bridgehead atoms. The topological polar surface area (TPSA) is 169 Å². The molecule has 14 nitrogen and oxygen atoms in total. The van der Waals surface area contributed by atoms with Gasteiger partial charge in [0, 0.05) is 48.6 Å². The maximum Gasteiger partial charge on any atom is 0.308 e. The predicted molar refractivity (Wildman–Crippen MR) is 197 cm³/mol. The summed E-state index contributed by atoms with van der Waals surface area (Å²) >= 11 is 1.45. The normalized spacial score (nSPS) is 28.0. The first kappa shape index (κ1) is 36.7. The van der Waals surface area contributed by atoms with Crippen LogP contribution in [0.4, 0.5) is 0 Å². The fourth-order valence-corrected chi connectivity index (χ4v) is 11.2. The summed E-state index contributed by atoms with van der Waals surface area (Å²) in [5.74, 6) is 1.38. The number of methoxy groups -OCH3 is 3. The average Bonchev–Trinajstić information content (AvgIpc) is 3.64. The molecule has 4 N–H and O–H groups in total. The summed E-state index contributed by atoms with van der Waals surface area (Å²) in [5, 5.41) is 37.9. The van der Waals surface area contributed by atoms with Gasteiger partial charge in [0.15, 0.2) is 34.5 Å². The number of ether oxygens (including phenoxy) is 6. The number of aromatic hydroxyl groups is 2. The van der Waals surface area contributed by atoms with Gasteiger partial charge in [0.1, 0.15) is 30.0 Å². The maximum atomic E-state index is 13.4. The Kier molecular flexibility index (Phi) is 9.18. The van der Waals surface area contributed by atoms with E-state index in [0.29, 0.717) is 64.5 Å². The molecule has 15 heteroatoms. The Hall–Kier alpha value is -4.25. The van der Waals surface area contributed by atoms with Gasteiger partial charge in [-0.25, -0.2) is 4.90 Å². The molecule has 3 aromatic carbocycles. The van der Waals surface area contributed by atoms with Gasteiger partial charge in [-0.1, -0.05) is 6.07 Å². The Bertz CT molecular complexity index is 2060. The first-order valence-electron chi connectivity index (χ1n) is 17.9. The Labute approximate surface area is 317 Å². The van der Waals surface area contributed by atoms with E-state index in [1.807, 2.05) is 24.9 Å². The number of esters is 1. The number of piperazine rings is 1. The molecule has 1 fully saturated rings. The van der Waals surface area contributed by atoms with Gasteiger partial charge >= 0.3 is 5.97 Å². The Morgan fingerprint density at radius 3 is 2.50 bits per heavy atom. The zero-order valence-electron chi connectivity index (χ0n) is 31.2. The zero-order valence-corrected chi connectivity index (χ0v) is 32.0. The van der Waals surface area contributed by atoms with Crippen LogP contribution in [0, 0.1) is 13.8 Å². The number of carbonyl (C=O) groups is 2. The molecule has 3 aromatic rings. The number of hydrogen-bond acceptors (Lipinski definition) is 15. The van der Waals surface area contributed by atoms with Crippen LogP contribution in [0.5, 0.6) is 40.2 Å². The van der Waals surface area contributed by atoms with Crippen LogP contribution in [0.2, 0.25) is 0 Å². The van der Waals surface area contributed by atoms with Crippen LogP contribution in [0.3, 0.4) is 0 Å². The van der Waals surface area contributed by atoms with E-state index >= 15 is 0 Å². The molecule has 7 atom stereocenters. The molecule has 0 aliphatic carbocycles. The number of carbonyl (C=O) groups excluding carboxylic acids is 2. The van der Waals surface area contributed by atoms with Gasteiger partial charge in [-0.15, -0.1) is 11.8 Å². The molecule has 54 heavy (non-hydrogen) atoms. The van der Waals surface area contributed by atoms with E-state index in [1.54, 1.807) is 26.2 Å². The maximum absolute atomic E-state index is 13.4. The number of nitrogens with one attached hydrogen (secondary N) is 1. The van der Waals surface area contributed by atoms with E-state index in [2.05, 4.69) is 10.2 Å². The number of benzene rings is 3. The molecule has 0 aromatic heterocycles. The van der Waals surface area contributed by atoms with Gasteiger partial charge in [0.2, 0.25) is 6.79 Å². The first-order chi connectivity index (χ1) is 25.9. The highest BCUT2D eigenvalue weighted by Crippen LogP contribution is 2.64. The van der Waals surface area contributed by atoms with Crippen LogP contribution in [0.15, 0.2) is 18.2 Å². The lowest BCUT2D eigenvalue weighted by Gasteiger charge is -2.61. The number of phenols is 2. The van der Waals surface area contributed by atoms with E-state index in [0.717, 1.165) is 23.0 Å². The first-order valence-corrected chi connectivity index (χ1v) is 18.9. The van der Waals surface area contributed by atoms with Gasteiger partial charge in [-0.05, 0) is 68.1 Å². The highest BCUT2D eigenvalue weighted by atomic mass is 32.2. The van der Waals surface area contributed by atoms with Crippen molar-refractivity contribution in [2.75, 3.05) is 47.5 Å². The minimum absolute atomic E-state index is 0.0131. The molecule has 0 amide bonds. The van der Waals surface area contributed by atoms with Crippen molar-refractivity contribution in [3.05, 3.63) is 62.7 Å². The number of aliphatic hydroxyl groups is 1. The van der Waals surface area contributed by atoms with E-state index in [4.69, 9.17) is 28.4 Å². The number of nitrogens with zero attached hydrogens (tertiary/aromatic N) is 2. The summed E-state index contributed by atoms with van der Waals surface area (Å²) in [6, 6.07) is 3.78. The van der Waals surface area contributed by atoms with Crippen LogP contribution in [0.25, 0.3) is 0 Å². The number of aldehydes is 1. The molecule has 5 aliphatic rings. The number of likely N-dealkylation sites (N-methyl/N-ethyl adjacent to an activating group) is 1. The van der Waals surface area contributed by atoms with Crippen molar-refractivity contribution >= 4 is 24.0 Å². The van der Waals surface area contributed by atoms with Crippen molar-refractivity contribution < 1.29 is 53.3 Å². The number of rotatable bonds is 8. The Balaban J connectivity index is 1.39. The molecule has 0 spiro atoms. The molecule has 288 valence electrons. The quantitative estimate of drug-likeness (QED) is 0.149. The summed E-state index contributed by atoms with van der Waals surface area (Å²) in [5.41, 5.74) is 4.32. The van der Waals surface area contributed by atoms with Crippen LogP contribution in [-0.2, 0) is 32.7 Å². The second-order valence-electron chi connectivity index (χ2n) is 14.6. The SMILES string of the molecule is COc1cc2c(cc1O)CCN[C@]2(C=O)CS[C@@H]1c2c(OC(C)=O)c(C)c3c(c2C(OC)N2[C@@H]1[C@@H]1c4c(cc(C)c(OC)c4O)C[C@H]([C@@H]2O)N1C)OCO3. The van der Waals surface area contributed by atoms with Crippen molar-refractivity contribution in [1.82, 2.24) is 15.1 Å². The summed E-state index contributed by atoms with van der Waals surface area (Å²) < 4.78 is 35.7. The van der Waals surface area contributed by atoms with Crippen molar-refractivity contribution in [3.63, 3.8) is 0 Å². The average molecular weight is 764 g/mol. The van der Waals surface area contributed by atoms with Crippen molar-refractivity contribution in [1.29, 1.82) is 0 Å². The van der Waals surface area contributed by atoms with Gasteiger partial charge in [-0.3, -0.25) is 9.69 Å². The van der Waals surface area contributed by atoms with Crippen molar-refractivity contribution in [3.8, 4) is 40.2 Å². The third-order valence-corrected chi connectivity index (χ3v) is 13.3. The van der Waals surface area contributed by atoms with E-state index in [1.165, 1.54) is 32.9 Å². The summed E-state index contributed by atoms with van der Waals surface area (Å²) in [6.45, 7) is 5.43. The lowest BCUT2D eigenvalue weighted by atomic mass is 9.74. The number of fused-ring (bicyclic) bond motifs is 10. The van der Waals surface area contributed by atoms with E-state index < -0.39 is 47.3 Å². The van der Waals surface area contributed by atoms with E-state index in [-0.39, 0.29) is 35.5 Å². The Morgan fingerprint density at radius 1 is 1.06 bits per heavy atom. The Morgan fingerprint density at radius 2 is 1.81 bits per heavy atom. The third-order valence-electron chi connectivity index (χ3n) is 11.8. The third kappa shape index (κ3) is 5.19. The number of aliphatic hydroxyl groups excluding tert-OH is 1. The molecular weight excluding hydrogens is 719 g/mol. The fraction of sp³-hybridized carbons (Fsp3) is 0.487. The van der Waals surface area contributed by atoms with Gasteiger partial charge in [0.25, 0.3) is 0 Å².